The highest BCUT2D eigenvalue weighted by molar-refractivity contribution is 6.04. The van der Waals surface area contributed by atoms with Crippen molar-refractivity contribution in [3.05, 3.63) is 90.3 Å². The van der Waals surface area contributed by atoms with Crippen molar-refractivity contribution in [3.63, 3.8) is 0 Å². The van der Waals surface area contributed by atoms with Crippen molar-refractivity contribution in [2.24, 2.45) is 0 Å². The minimum Gasteiger partial charge on any atom is -0.484 e. The van der Waals surface area contributed by atoms with Crippen LogP contribution in [-0.4, -0.2) is 23.4 Å². The zero-order chi connectivity index (χ0) is 18.9. The van der Waals surface area contributed by atoms with Crippen molar-refractivity contribution in [2.75, 3.05) is 11.9 Å². The molecule has 0 aliphatic carbocycles. The topological polar surface area (TPSA) is 80.3 Å². The molecule has 0 aliphatic heterocycles. The first-order chi connectivity index (χ1) is 13.2. The Morgan fingerprint density at radius 1 is 0.926 bits per heavy atom. The molecule has 0 bridgehead atoms. The van der Waals surface area contributed by atoms with Crippen LogP contribution in [0.5, 0.6) is 5.75 Å². The fourth-order valence-corrected chi connectivity index (χ4v) is 2.40. The quantitative estimate of drug-likeness (QED) is 0.678. The molecule has 1 aromatic heterocycles. The van der Waals surface area contributed by atoms with E-state index in [2.05, 4.69) is 15.6 Å². The highest BCUT2D eigenvalue weighted by Gasteiger charge is 2.10. The largest absolute Gasteiger partial charge is 0.484 e. The predicted octanol–water partition coefficient (Wildman–Crippen LogP) is 3.03. The van der Waals surface area contributed by atoms with Crippen LogP contribution in [0.4, 0.5) is 5.69 Å². The molecule has 0 spiro atoms. The lowest BCUT2D eigenvalue weighted by Crippen LogP contribution is -2.28. The number of amides is 2. The monoisotopic (exact) mass is 361 g/mol. The van der Waals surface area contributed by atoms with Crippen LogP contribution in [0, 0.1) is 0 Å². The summed E-state index contributed by atoms with van der Waals surface area (Å²) in [5.41, 5.74) is 1.89. The Hall–Kier alpha value is -3.67. The van der Waals surface area contributed by atoms with Gasteiger partial charge in [0, 0.05) is 24.6 Å². The van der Waals surface area contributed by atoms with E-state index >= 15 is 0 Å². The average Bonchev–Trinajstić information content (AvgIpc) is 2.73. The maximum Gasteiger partial charge on any atom is 0.258 e. The molecule has 0 radical (unpaired) electrons. The fourth-order valence-electron chi connectivity index (χ4n) is 2.40. The van der Waals surface area contributed by atoms with Gasteiger partial charge in [-0.05, 0) is 35.9 Å². The van der Waals surface area contributed by atoms with Gasteiger partial charge in [0.25, 0.3) is 11.8 Å². The Balaban J connectivity index is 1.56. The predicted molar refractivity (Wildman–Crippen MR) is 102 cm³/mol. The van der Waals surface area contributed by atoms with Crippen molar-refractivity contribution >= 4 is 17.5 Å². The number of hydrogen-bond acceptors (Lipinski definition) is 4. The third-order valence-electron chi connectivity index (χ3n) is 3.78. The lowest BCUT2D eigenvalue weighted by atomic mass is 10.1. The number of pyridine rings is 1. The van der Waals surface area contributed by atoms with Crippen LogP contribution >= 0.6 is 0 Å². The summed E-state index contributed by atoms with van der Waals surface area (Å²) in [5.74, 6) is 0.137. The molecule has 6 nitrogen and oxygen atoms in total. The molecule has 0 saturated carbocycles. The first-order valence-electron chi connectivity index (χ1n) is 8.46. The van der Waals surface area contributed by atoms with Crippen molar-refractivity contribution in [2.45, 2.75) is 6.54 Å². The molecule has 0 aliphatic rings. The molecule has 3 rings (SSSR count). The Morgan fingerprint density at radius 3 is 2.48 bits per heavy atom. The highest BCUT2D eigenvalue weighted by Crippen LogP contribution is 2.16. The molecule has 3 aromatic rings. The number of hydrogen-bond donors (Lipinski definition) is 2. The van der Waals surface area contributed by atoms with Gasteiger partial charge < -0.3 is 15.4 Å². The van der Waals surface area contributed by atoms with E-state index in [1.807, 2.05) is 36.4 Å². The van der Waals surface area contributed by atoms with Gasteiger partial charge in [-0.25, -0.2) is 0 Å². The number of anilines is 1. The molecule has 0 fully saturated rings. The number of aromatic nitrogens is 1. The molecule has 0 atom stereocenters. The van der Waals surface area contributed by atoms with Crippen LogP contribution in [0.2, 0.25) is 0 Å². The zero-order valence-electron chi connectivity index (χ0n) is 14.6. The molecule has 0 unspecified atom stereocenters. The normalized spacial score (nSPS) is 10.1. The van der Waals surface area contributed by atoms with Crippen molar-refractivity contribution in [3.8, 4) is 5.75 Å². The maximum atomic E-state index is 12.3. The van der Waals surface area contributed by atoms with E-state index in [-0.39, 0.29) is 25.0 Å². The van der Waals surface area contributed by atoms with Gasteiger partial charge in [-0.15, -0.1) is 0 Å². The molecule has 0 saturated heterocycles. The lowest BCUT2D eigenvalue weighted by molar-refractivity contribution is -0.123. The standard InChI is InChI=1S/C21H19N3O3/c25-20(15-27-18-9-2-1-3-10-18)23-14-16-7-4-5-11-19(16)24-21(26)17-8-6-12-22-13-17/h1-13H,14-15H2,(H,23,25)(H,24,26). The molecule has 6 heteroatoms. The van der Waals surface area contributed by atoms with Gasteiger partial charge in [0.1, 0.15) is 5.75 Å². The van der Waals surface area contributed by atoms with E-state index in [0.29, 0.717) is 17.0 Å². The first-order valence-corrected chi connectivity index (χ1v) is 8.46. The summed E-state index contributed by atoms with van der Waals surface area (Å²) < 4.78 is 5.42. The highest BCUT2D eigenvalue weighted by atomic mass is 16.5. The van der Waals surface area contributed by atoms with E-state index in [0.717, 1.165) is 5.56 Å². The summed E-state index contributed by atoms with van der Waals surface area (Å²) >= 11 is 0. The lowest BCUT2D eigenvalue weighted by Gasteiger charge is -2.12. The molecule has 2 amide bonds. The second kappa shape index (κ2) is 9.15. The van der Waals surface area contributed by atoms with Crippen LogP contribution in [0.3, 0.4) is 0 Å². The number of carbonyl (C=O) groups is 2. The Morgan fingerprint density at radius 2 is 1.70 bits per heavy atom. The minimum atomic E-state index is -0.255. The summed E-state index contributed by atoms with van der Waals surface area (Å²) in [6.45, 7) is 0.203. The van der Waals surface area contributed by atoms with E-state index in [9.17, 15) is 9.59 Å². The summed E-state index contributed by atoms with van der Waals surface area (Å²) in [6, 6.07) is 19.8. The third kappa shape index (κ3) is 5.40. The van der Waals surface area contributed by atoms with Crippen molar-refractivity contribution < 1.29 is 14.3 Å². The number of benzene rings is 2. The van der Waals surface area contributed by atoms with Crippen LogP contribution in [-0.2, 0) is 11.3 Å². The van der Waals surface area contributed by atoms with Crippen LogP contribution in [0.15, 0.2) is 79.1 Å². The zero-order valence-corrected chi connectivity index (χ0v) is 14.6. The summed E-state index contributed by atoms with van der Waals surface area (Å²) in [4.78, 5) is 28.3. The molecular weight excluding hydrogens is 342 g/mol. The second-order valence-electron chi connectivity index (χ2n) is 5.73. The molecular formula is C21H19N3O3. The summed E-state index contributed by atoms with van der Waals surface area (Å²) in [7, 11) is 0. The molecule has 2 aromatic carbocycles. The van der Waals surface area contributed by atoms with Gasteiger partial charge in [-0.3, -0.25) is 14.6 Å². The van der Waals surface area contributed by atoms with Crippen LogP contribution < -0.4 is 15.4 Å². The molecule has 1 heterocycles. The Kier molecular flexibility index (Phi) is 6.14. The van der Waals surface area contributed by atoms with Gasteiger partial charge in [0.05, 0.1) is 5.56 Å². The molecule has 27 heavy (non-hydrogen) atoms. The molecule has 136 valence electrons. The number of para-hydroxylation sites is 2. The Labute approximate surface area is 157 Å². The smallest absolute Gasteiger partial charge is 0.258 e. The Bertz CT molecular complexity index is 899. The summed E-state index contributed by atoms with van der Waals surface area (Å²) in [5, 5.41) is 5.64. The fraction of sp³-hybridized carbons (Fsp3) is 0.0952. The number of rotatable bonds is 7. The molecule has 2 N–H and O–H groups in total. The van der Waals surface area contributed by atoms with E-state index < -0.39 is 0 Å². The summed E-state index contributed by atoms with van der Waals surface area (Å²) in [6.07, 6.45) is 3.11. The van der Waals surface area contributed by atoms with E-state index in [4.69, 9.17) is 4.74 Å². The third-order valence-corrected chi connectivity index (χ3v) is 3.78. The van der Waals surface area contributed by atoms with Gasteiger partial charge in [-0.1, -0.05) is 36.4 Å². The van der Waals surface area contributed by atoms with Gasteiger partial charge in [0.2, 0.25) is 0 Å². The van der Waals surface area contributed by atoms with Crippen LogP contribution in [0.1, 0.15) is 15.9 Å². The number of ether oxygens (including phenoxy) is 1. The average molecular weight is 361 g/mol. The van der Waals surface area contributed by atoms with Crippen molar-refractivity contribution in [1.82, 2.24) is 10.3 Å². The van der Waals surface area contributed by atoms with E-state index in [1.165, 1.54) is 6.20 Å². The second-order valence-corrected chi connectivity index (χ2v) is 5.73. The van der Waals surface area contributed by atoms with Gasteiger partial charge >= 0.3 is 0 Å². The van der Waals surface area contributed by atoms with E-state index in [1.54, 1.807) is 36.5 Å². The first kappa shape index (κ1) is 18.1. The number of carbonyl (C=O) groups excluding carboxylic acids is 2. The van der Waals surface area contributed by atoms with Gasteiger partial charge in [-0.2, -0.15) is 0 Å². The SMILES string of the molecule is O=C(COc1ccccc1)NCc1ccccc1NC(=O)c1cccnc1. The van der Waals surface area contributed by atoms with Crippen molar-refractivity contribution in [1.29, 1.82) is 0 Å². The van der Waals surface area contributed by atoms with Crippen LogP contribution in [0.25, 0.3) is 0 Å². The minimum absolute atomic E-state index is 0.0752. The number of nitrogens with one attached hydrogen (secondary N) is 2. The maximum absolute atomic E-state index is 12.3. The number of nitrogens with zero attached hydrogens (tertiary/aromatic N) is 1. The van der Waals surface area contributed by atoms with Gasteiger partial charge in [0.15, 0.2) is 6.61 Å².